The summed E-state index contributed by atoms with van der Waals surface area (Å²) < 4.78 is 22.9. The summed E-state index contributed by atoms with van der Waals surface area (Å²) in [5.74, 6) is 0. The van der Waals surface area contributed by atoms with Gasteiger partial charge in [-0.05, 0) is 12.8 Å². The predicted octanol–water partition coefficient (Wildman–Crippen LogP) is 0.989. The second kappa shape index (κ2) is 13.0. The summed E-state index contributed by atoms with van der Waals surface area (Å²) in [5, 5.41) is 0. The normalized spacial score (nSPS) is 10.3. The van der Waals surface area contributed by atoms with E-state index in [2.05, 4.69) is 45.3 Å². The van der Waals surface area contributed by atoms with Crippen LogP contribution in [0.1, 0.15) is 39.5 Å². The maximum absolute atomic E-state index is 10.1. The van der Waals surface area contributed by atoms with Gasteiger partial charge >= 0.3 is 0 Å². The average Bonchev–Trinajstić information content (AvgIpc) is 3.15. The van der Waals surface area contributed by atoms with Crippen LogP contribution in [0.25, 0.3) is 0 Å². The molecule has 2 aromatic rings. The lowest BCUT2D eigenvalue weighted by atomic mass is 10.3. The molecule has 2 rings (SSSR count). The number of aromatic amines is 2. The zero-order valence-corrected chi connectivity index (χ0v) is 14.5. The quantitative estimate of drug-likeness (QED) is 0.601. The molecule has 0 aliphatic rings. The molecule has 0 spiro atoms. The average molecular weight is 348 g/mol. The molecule has 0 radical (unpaired) electrons. The van der Waals surface area contributed by atoms with E-state index in [4.69, 9.17) is 14.4 Å². The number of nitrogens with zero attached hydrogens (tertiary/aromatic N) is 2. The third kappa shape index (κ3) is 16.7. The number of unbranched alkanes of at least 4 members (excludes halogenated alkanes) is 2. The molecule has 0 saturated carbocycles. The first-order valence-corrected chi connectivity index (χ1v) is 9.05. The molecule has 7 nitrogen and oxygen atoms in total. The maximum Gasteiger partial charge on any atom is 0.241 e. The van der Waals surface area contributed by atoms with Gasteiger partial charge in [-0.3, -0.25) is 9.97 Å². The summed E-state index contributed by atoms with van der Waals surface area (Å²) in [5.41, 5.74) is 0. The van der Waals surface area contributed by atoms with Gasteiger partial charge in [0.2, 0.25) is 12.7 Å². The lowest BCUT2D eigenvalue weighted by molar-refractivity contribution is -0.696. The van der Waals surface area contributed by atoms with E-state index in [1.165, 1.54) is 25.7 Å². The van der Waals surface area contributed by atoms with Crippen LogP contribution in [-0.2, 0) is 17.7 Å². The van der Waals surface area contributed by atoms with Crippen molar-refractivity contribution in [1.82, 2.24) is 9.97 Å². The van der Waals surface area contributed by atoms with Gasteiger partial charge in [0, 0.05) is 0 Å². The molecule has 0 atom stereocenters. The Morgan fingerprint density at radius 1 is 0.957 bits per heavy atom. The van der Waals surface area contributed by atoms with Crippen LogP contribution in [0.2, 0.25) is 0 Å². The lowest BCUT2D eigenvalue weighted by Gasteiger charge is -2.15. The van der Waals surface area contributed by atoms with E-state index in [1.54, 1.807) is 0 Å². The third-order valence-electron chi connectivity index (χ3n) is 2.74. The van der Waals surface area contributed by atoms with E-state index in [0.29, 0.717) is 0 Å². The first-order valence-electron chi connectivity index (χ1n) is 7.62. The van der Waals surface area contributed by atoms with Gasteiger partial charge in [0.15, 0.2) is 0 Å². The Balaban J connectivity index is 0.000000332. The highest BCUT2D eigenvalue weighted by molar-refractivity contribution is 7.42. The first kappa shape index (κ1) is 21.5. The van der Waals surface area contributed by atoms with E-state index in [0.717, 1.165) is 13.1 Å². The molecule has 0 saturated heterocycles. The molecule has 2 aromatic heterocycles. The SMILES string of the molecule is CCCC[n+]1cc[nH]c1.CCCC[n+]1cc[nH]c1.O=P([O-])([O-])F. The highest BCUT2D eigenvalue weighted by Crippen LogP contribution is 2.22. The third-order valence-corrected chi connectivity index (χ3v) is 2.74. The van der Waals surface area contributed by atoms with Crippen molar-refractivity contribution >= 4 is 7.91 Å². The number of nitrogens with one attached hydrogen (secondary N) is 2. The van der Waals surface area contributed by atoms with Crippen LogP contribution < -0.4 is 18.9 Å². The molecule has 0 amide bonds. The molecule has 2 heterocycles. The van der Waals surface area contributed by atoms with Gasteiger partial charge < -0.3 is 14.4 Å². The lowest BCUT2D eigenvalue weighted by Crippen LogP contribution is -2.29. The summed E-state index contributed by atoms with van der Waals surface area (Å²) in [4.78, 5) is 22.9. The van der Waals surface area contributed by atoms with Crippen LogP contribution >= 0.6 is 7.91 Å². The standard InChI is InChI=1S/2C7H12N2.FH2O3P/c2*1-2-3-5-9-6-4-8-7-9;1-5(2,3)4/h2*4,6-7H,2-3,5H2,1H3;(H2,2,3,4). The van der Waals surface area contributed by atoms with Gasteiger partial charge in [0.05, 0.1) is 13.1 Å². The predicted molar refractivity (Wildman–Crippen MR) is 80.5 cm³/mol. The van der Waals surface area contributed by atoms with Gasteiger partial charge in [-0.1, -0.05) is 26.7 Å². The minimum atomic E-state index is -5.64. The fourth-order valence-corrected chi connectivity index (χ4v) is 1.60. The Kier molecular flexibility index (Phi) is 12.1. The van der Waals surface area contributed by atoms with Crippen LogP contribution in [0, 0.1) is 0 Å². The molecule has 0 aromatic carbocycles. The van der Waals surface area contributed by atoms with Crippen LogP contribution in [0.4, 0.5) is 4.20 Å². The van der Waals surface area contributed by atoms with Gasteiger partial charge in [0.1, 0.15) is 32.7 Å². The van der Waals surface area contributed by atoms with Crippen molar-refractivity contribution in [3.8, 4) is 0 Å². The molecule has 0 aliphatic heterocycles. The molecule has 0 unspecified atom stereocenters. The largest absolute Gasteiger partial charge is 0.786 e. The smallest absolute Gasteiger partial charge is 0.241 e. The number of hydrogen-bond donors (Lipinski definition) is 2. The van der Waals surface area contributed by atoms with Gasteiger partial charge in [-0.25, -0.2) is 13.3 Å². The van der Waals surface area contributed by atoms with Crippen LogP contribution in [0.15, 0.2) is 37.4 Å². The number of aryl methyl sites for hydroxylation is 2. The van der Waals surface area contributed by atoms with Crippen molar-refractivity contribution in [2.45, 2.75) is 52.6 Å². The molecule has 132 valence electrons. The van der Waals surface area contributed by atoms with Crippen LogP contribution in [-0.4, -0.2) is 9.97 Å². The van der Waals surface area contributed by atoms with Crippen molar-refractivity contribution < 1.29 is 27.7 Å². The summed E-state index contributed by atoms with van der Waals surface area (Å²) in [7, 11) is -5.64. The molecular weight excluding hydrogens is 322 g/mol. The van der Waals surface area contributed by atoms with Crippen molar-refractivity contribution in [3.63, 3.8) is 0 Å². The first-order chi connectivity index (χ1) is 10.9. The minimum absolute atomic E-state index is 1.14. The number of halogens is 1. The van der Waals surface area contributed by atoms with E-state index in [9.17, 15) is 4.20 Å². The second-order valence-corrected chi connectivity index (χ2v) is 5.70. The number of hydrogen-bond acceptors (Lipinski definition) is 3. The highest BCUT2D eigenvalue weighted by Gasteiger charge is 1.93. The van der Waals surface area contributed by atoms with E-state index in [1.807, 2.05) is 25.0 Å². The Hall–Kier alpha value is -1.50. The Morgan fingerprint density at radius 3 is 1.52 bits per heavy atom. The number of aromatic nitrogens is 4. The molecule has 9 heteroatoms. The number of imidazole rings is 2. The molecule has 23 heavy (non-hydrogen) atoms. The van der Waals surface area contributed by atoms with E-state index in [-0.39, 0.29) is 0 Å². The molecule has 0 fully saturated rings. The molecule has 0 aliphatic carbocycles. The van der Waals surface area contributed by atoms with E-state index < -0.39 is 7.91 Å². The number of H-pyrrole nitrogens is 2. The van der Waals surface area contributed by atoms with Gasteiger partial charge in [0.25, 0.3) is 0 Å². The van der Waals surface area contributed by atoms with E-state index >= 15 is 0 Å². The molecular formula is C14H26FN4O3P. The summed E-state index contributed by atoms with van der Waals surface area (Å²) in [6, 6.07) is 0. The fraction of sp³-hybridized carbons (Fsp3) is 0.571. The summed E-state index contributed by atoms with van der Waals surface area (Å²) in [6.07, 6.45) is 17.0. The summed E-state index contributed by atoms with van der Waals surface area (Å²) in [6.45, 7) is 6.68. The van der Waals surface area contributed by atoms with Crippen molar-refractivity contribution in [2.24, 2.45) is 0 Å². The monoisotopic (exact) mass is 348 g/mol. The van der Waals surface area contributed by atoms with Crippen LogP contribution in [0.3, 0.4) is 0 Å². The van der Waals surface area contributed by atoms with Crippen LogP contribution in [0.5, 0.6) is 0 Å². The summed E-state index contributed by atoms with van der Waals surface area (Å²) >= 11 is 0. The Morgan fingerprint density at radius 2 is 1.30 bits per heavy atom. The van der Waals surface area contributed by atoms with Crippen molar-refractivity contribution in [3.05, 3.63) is 37.4 Å². The molecule has 2 N–H and O–H groups in total. The fourth-order valence-electron chi connectivity index (χ4n) is 1.60. The second-order valence-electron chi connectivity index (χ2n) is 4.84. The van der Waals surface area contributed by atoms with Gasteiger partial charge in [-0.2, -0.15) is 0 Å². The Labute approximate surface area is 136 Å². The zero-order chi connectivity index (χ0) is 17.6. The Bertz CT molecular complexity index is 468. The number of rotatable bonds is 6. The maximum atomic E-state index is 10.1. The zero-order valence-electron chi connectivity index (χ0n) is 13.7. The van der Waals surface area contributed by atoms with Gasteiger partial charge in [-0.15, -0.1) is 0 Å². The van der Waals surface area contributed by atoms with Crippen molar-refractivity contribution in [2.75, 3.05) is 0 Å². The minimum Gasteiger partial charge on any atom is -0.786 e. The highest BCUT2D eigenvalue weighted by atomic mass is 31.2. The van der Waals surface area contributed by atoms with Crippen molar-refractivity contribution in [1.29, 1.82) is 0 Å². The topological polar surface area (TPSA) is 103 Å². The molecule has 0 bridgehead atoms.